The van der Waals surface area contributed by atoms with E-state index >= 15 is 0 Å². The topological polar surface area (TPSA) is 101 Å². The van der Waals surface area contributed by atoms with Gasteiger partial charge in [0.1, 0.15) is 0 Å². The highest BCUT2D eigenvalue weighted by Gasteiger charge is 2.18. The summed E-state index contributed by atoms with van der Waals surface area (Å²) >= 11 is 1.47. The Morgan fingerprint density at radius 1 is 1.08 bits per heavy atom. The van der Waals surface area contributed by atoms with Crippen LogP contribution in [0.15, 0.2) is 24.3 Å². The molecule has 1 heterocycles. The number of nitrogens with one attached hydrogen (secondary N) is 2. The number of aryl methyl sites for hydroxylation is 3. The molecule has 1 aromatic heterocycles. The molecule has 0 saturated heterocycles. The molecule has 26 heavy (non-hydrogen) atoms. The summed E-state index contributed by atoms with van der Waals surface area (Å²) in [4.78, 5) is 36.6. The Morgan fingerprint density at radius 2 is 1.81 bits per heavy atom. The Labute approximate surface area is 154 Å². The molecule has 2 amide bonds. The number of fused-ring (bicyclic) bond motifs is 1. The SMILES string of the molecule is Cc1cc(C(=O)NNC(=O)c2cc3c(s2)CCCCC3)ccc1[N+](=O)[O-]. The Bertz CT molecular complexity index is 852. The van der Waals surface area contributed by atoms with Gasteiger partial charge < -0.3 is 0 Å². The van der Waals surface area contributed by atoms with Crippen molar-refractivity contribution >= 4 is 28.8 Å². The van der Waals surface area contributed by atoms with Crippen LogP contribution >= 0.6 is 11.3 Å². The number of nitro benzene ring substituents is 1. The van der Waals surface area contributed by atoms with Crippen LogP contribution < -0.4 is 10.9 Å². The average Bonchev–Trinajstić information content (AvgIpc) is 2.89. The zero-order chi connectivity index (χ0) is 18.7. The quantitative estimate of drug-likeness (QED) is 0.489. The first-order chi connectivity index (χ1) is 12.5. The molecule has 8 heteroatoms. The van der Waals surface area contributed by atoms with E-state index in [4.69, 9.17) is 0 Å². The zero-order valence-electron chi connectivity index (χ0n) is 14.3. The van der Waals surface area contributed by atoms with E-state index in [2.05, 4.69) is 10.9 Å². The Kier molecular flexibility index (Phi) is 5.32. The molecular formula is C18H19N3O4S. The number of thiophene rings is 1. The maximum Gasteiger partial charge on any atom is 0.279 e. The smallest absolute Gasteiger partial charge is 0.267 e. The number of carbonyl (C=O) groups excluding carboxylic acids is 2. The van der Waals surface area contributed by atoms with E-state index in [1.54, 1.807) is 6.92 Å². The standard InChI is InChI=1S/C18H19N3O4S/c1-11-9-13(7-8-14(11)21(24)25)17(22)19-20-18(23)16-10-12-5-3-2-4-6-15(12)26-16/h7-10H,2-6H2,1H3,(H,19,22)(H,20,23). The monoisotopic (exact) mass is 373 g/mol. The molecule has 0 radical (unpaired) electrons. The number of benzene rings is 1. The summed E-state index contributed by atoms with van der Waals surface area (Å²) < 4.78 is 0. The fraction of sp³-hybridized carbons (Fsp3) is 0.333. The molecule has 0 bridgehead atoms. The number of rotatable bonds is 3. The van der Waals surface area contributed by atoms with Crippen molar-refractivity contribution in [2.45, 2.75) is 39.0 Å². The highest BCUT2D eigenvalue weighted by atomic mass is 32.1. The maximum atomic E-state index is 12.3. The van der Waals surface area contributed by atoms with Gasteiger partial charge >= 0.3 is 0 Å². The minimum atomic E-state index is -0.519. The fourth-order valence-corrected chi connectivity index (χ4v) is 4.18. The van der Waals surface area contributed by atoms with Gasteiger partial charge in [-0.2, -0.15) is 0 Å². The van der Waals surface area contributed by atoms with Gasteiger partial charge in [-0.05, 0) is 56.4 Å². The average molecular weight is 373 g/mol. The third-order valence-electron chi connectivity index (χ3n) is 4.42. The lowest BCUT2D eigenvalue weighted by atomic mass is 10.1. The first-order valence-electron chi connectivity index (χ1n) is 8.43. The second-order valence-corrected chi connectivity index (χ2v) is 7.42. The van der Waals surface area contributed by atoms with E-state index in [0.717, 1.165) is 25.7 Å². The number of nitrogens with zero attached hydrogens (tertiary/aromatic N) is 1. The summed E-state index contributed by atoms with van der Waals surface area (Å²) in [5.41, 5.74) is 6.59. The summed E-state index contributed by atoms with van der Waals surface area (Å²) in [6, 6.07) is 5.97. The van der Waals surface area contributed by atoms with E-state index in [0.29, 0.717) is 10.4 Å². The van der Waals surface area contributed by atoms with Crippen LogP contribution in [0.2, 0.25) is 0 Å². The lowest BCUT2D eigenvalue weighted by molar-refractivity contribution is -0.385. The Balaban J connectivity index is 1.63. The molecule has 0 atom stereocenters. The molecule has 0 fully saturated rings. The molecule has 0 unspecified atom stereocenters. The molecule has 1 aliphatic rings. The molecule has 7 nitrogen and oxygen atoms in total. The van der Waals surface area contributed by atoms with Gasteiger partial charge in [0, 0.05) is 22.1 Å². The van der Waals surface area contributed by atoms with E-state index in [9.17, 15) is 19.7 Å². The minimum Gasteiger partial charge on any atom is -0.267 e. The minimum absolute atomic E-state index is 0.0503. The number of hydrazine groups is 1. The van der Waals surface area contributed by atoms with Gasteiger partial charge in [-0.1, -0.05) is 6.42 Å². The van der Waals surface area contributed by atoms with Gasteiger partial charge in [0.15, 0.2) is 0 Å². The van der Waals surface area contributed by atoms with Gasteiger partial charge in [-0.15, -0.1) is 11.3 Å². The predicted molar refractivity (Wildman–Crippen MR) is 98.3 cm³/mol. The van der Waals surface area contributed by atoms with Crippen molar-refractivity contribution < 1.29 is 14.5 Å². The third-order valence-corrected chi connectivity index (χ3v) is 5.65. The molecule has 1 aromatic carbocycles. The summed E-state index contributed by atoms with van der Waals surface area (Å²) in [7, 11) is 0. The molecule has 2 N–H and O–H groups in total. The first-order valence-corrected chi connectivity index (χ1v) is 9.24. The molecule has 3 rings (SSSR count). The van der Waals surface area contributed by atoms with E-state index < -0.39 is 10.8 Å². The fourth-order valence-electron chi connectivity index (χ4n) is 3.03. The van der Waals surface area contributed by atoms with Crippen molar-refractivity contribution in [3.8, 4) is 0 Å². The van der Waals surface area contributed by atoms with Gasteiger partial charge in [-0.25, -0.2) is 0 Å². The second-order valence-electron chi connectivity index (χ2n) is 6.29. The van der Waals surface area contributed by atoms with Crippen molar-refractivity contribution in [3.05, 3.63) is 60.8 Å². The summed E-state index contributed by atoms with van der Waals surface area (Å²) in [5.74, 6) is -0.871. The maximum absolute atomic E-state index is 12.3. The first kappa shape index (κ1) is 18.1. The van der Waals surface area contributed by atoms with Crippen molar-refractivity contribution in [3.63, 3.8) is 0 Å². The summed E-state index contributed by atoms with van der Waals surface area (Å²) in [6.45, 7) is 1.56. The van der Waals surface area contributed by atoms with Crippen molar-refractivity contribution in [1.29, 1.82) is 0 Å². The van der Waals surface area contributed by atoms with Crippen molar-refractivity contribution in [2.24, 2.45) is 0 Å². The van der Waals surface area contributed by atoms with E-state index in [-0.39, 0.29) is 17.2 Å². The third kappa shape index (κ3) is 3.91. The highest BCUT2D eigenvalue weighted by molar-refractivity contribution is 7.14. The zero-order valence-corrected chi connectivity index (χ0v) is 15.1. The van der Waals surface area contributed by atoms with Gasteiger partial charge in [0.05, 0.1) is 9.80 Å². The van der Waals surface area contributed by atoms with Crippen LogP contribution in [0.1, 0.15) is 55.3 Å². The lowest BCUT2D eigenvalue weighted by Gasteiger charge is -2.07. The van der Waals surface area contributed by atoms with Crippen LogP contribution in [-0.4, -0.2) is 16.7 Å². The molecular weight excluding hydrogens is 354 g/mol. The molecule has 0 spiro atoms. The largest absolute Gasteiger partial charge is 0.279 e. The van der Waals surface area contributed by atoms with Crippen LogP contribution in [-0.2, 0) is 12.8 Å². The van der Waals surface area contributed by atoms with E-state index in [1.165, 1.54) is 46.4 Å². The highest BCUT2D eigenvalue weighted by Crippen LogP contribution is 2.28. The number of amides is 2. The van der Waals surface area contributed by atoms with Crippen LogP contribution in [0.3, 0.4) is 0 Å². The molecule has 1 aliphatic carbocycles. The van der Waals surface area contributed by atoms with Crippen LogP contribution in [0.4, 0.5) is 5.69 Å². The number of carbonyl (C=O) groups is 2. The Morgan fingerprint density at radius 3 is 2.54 bits per heavy atom. The van der Waals surface area contributed by atoms with Crippen LogP contribution in [0.5, 0.6) is 0 Å². The molecule has 0 saturated carbocycles. The van der Waals surface area contributed by atoms with Gasteiger partial charge in [0.25, 0.3) is 17.5 Å². The Hall–Kier alpha value is -2.74. The molecule has 136 valence electrons. The summed E-state index contributed by atoms with van der Waals surface area (Å²) in [5, 5.41) is 10.8. The number of hydrogen-bond acceptors (Lipinski definition) is 5. The van der Waals surface area contributed by atoms with Crippen LogP contribution in [0.25, 0.3) is 0 Å². The lowest BCUT2D eigenvalue weighted by Crippen LogP contribution is -2.41. The van der Waals surface area contributed by atoms with Crippen molar-refractivity contribution in [2.75, 3.05) is 0 Å². The number of nitro groups is 1. The summed E-state index contributed by atoms with van der Waals surface area (Å²) in [6.07, 6.45) is 5.49. The predicted octanol–water partition coefficient (Wildman–Crippen LogP) is 3.31. The van der Waals surface area contributed by atoms with E-state index in [1.807, 2.05) is 6.07 Å². The second kappa shape index (κ2) is 7.65. The normalized spacial score (nSPS) is 13.4. The van der Waals surface area contributed by atoms with Crippen molar-refractivity contribution in [1.82, 2.24) is 10.9 Å². The van der Waals surface area contributed by atoms with Gasteiger partial charge in [-0.3, -0.25) is 30.6 Å². The number of hydrogen-bond donors (Lipinski definition) is 2. The van der Waals surface area contributed by atoms with Gasteiger partial charge in [0.2, 0.25) is 0 Å². The molecule has 0 aliphatic heterocycles. The van der Waals surface area contributed by atoms with Crippen LogP contribution in [0, 0.1) is 17.0 Å². The molecule has 2 aromatic rings.